The highest BCUT2D eigenvalue weighted by Crippen LogP contribution is 2.54. The molecular weight excluding hydrogens is 267 g/mol. The maximum atomic E-state index is 12.9. The van der Waals surface area contributed by atoms with Gasteiger partial charge in [0.1, 0.15) is 5.82 Å². The first-order valence-electron chi connectivity index (χ1n) is 6.96. The van der Waals surface area contributed by atoms with Crippen LogP contribution in [-0.4, -0.2) is 10.1 Å². The maximum Gasteiger partial charge on any atom is 0.230 e. The molecule has 104 valence electrons. The molecule has 4 heteroatoms. The second-order valence-electron chi connectivity index (χ2n) is 5.32. The van der Waals surface area contributed by atoms with Crippen LogP contribution in [0.25, 0.3) is 11.4 Å². The average molecular weight is 280 g/mol. The van der Waals surface area contributed by atoms with Crippen LogP contribution in [0.2, 0.25) is 0 Å². The Bertz CT molecular complexity index is 752. The molecule has 1 heterocycles. The first kappa shape index (κ1) is 12.3. The Morgan fingerprint density at radius 2 is 1.71 bits per heavy atom. The lowest BCUT2D eigenvalue weighted by Crippen LogP contribution is -1.85. The summed E-state index contributed by atoms with van der Waals surface area (Å²) in [5, 5.41) is 4.00. The van der Waals surface area contributed by atoms with E-state index in [9.17, 15) is 4.39 Å². The highest BCUT2D eigenvalue weighted by Gasteiger charge is 2.43. The Balaban J connectivity index is 1.55. The van der Waals surface area contributed by atoms with Crippen molar-refractivity contribution < 1.29 is 8.91 Å². The molecule has 0 spiro atoms. The predicted molar refractivity (Wildman–Crippen MR) is 76.2 cm³/mol. The van der Waals surface area contributed by atoms with E-state index in [0.717, 1.165) is 12.0 Å². The molecule has 0 amide bonds. The molecule has 3 aromatic rings. The molecule has 0 radical (unpaired) electrons. The topological polar surface area (TPSA) is 38.9 Å². The van der Waals surface area contributed by atoms with Crippen LogP contribution in [0.4, 0.5) is 4.39 Å². The molecule has 1 saturated carbocycles. The summed E-state index contributed by atoms with van der Waals surface area (Å²) in [5.41, 5.74) is 2.08. The first-order chi connectivity index (χ1) is 10.3. The fourth-order valence-electron chi connectivity index (χ4n) is 2.64. The maximum absolute atomic E-state index is 12.9. The van der Waals surface area contributed by atoms with E-state index in [-0.39, 0.29) is 5.82 Å². The number of halogens is 1. The van der Waals surface area contributed by atoms with Crippen LogP contribution in [0.1, 0.15) is 29.7 Å². The van der Waals surface area contributed by atoms with Crippen LogP contribution >= 0.6 is 0 Å². The molecule has 21 heavy (non-hydrogen) atoms. The Labute approximate surface area is 121 Å². The Morgan fingerprint density at radius 3 is 2.48 bits per heavy atom. The van der Waals surface area contributed by atoms with Gasteiger partial charge in [-0.15, -0.1) is 0 Å². The molecule has 1 aliphatic carbocycles. The van der Waals surface area contributed by atoms with Gasteiger partial charge in [-0.1, -0.05) is 35.5 Å². The van der Waals surface area contributed by atoms with Crippen molar-refractivity contribution in [1.82, 2.24) is 10.1 Å². The Hall–Kier alpha value is -2.49. The van der Waals surface area contributed by atoms with Crippen molar-refractivity contribution in [3.8, 4) is 11.4 Å². The minimum Gasteiger partial charge on any atom is -0.339 e. The molecule has 0 aliphatic heterocycles. The summed E-state index contributed by atoms with van der Waals surface area (Å²) < 4.78 is 18.3. The van der Waals surface area contributed by atoms with E-state index in [4.69, 9.17) is 4.52 Å². The first-order valence-corrected chi connectivity index (χ1v) is 6.96. The summed E-state index contributed by atoms with van der Waals surface area (Å²) in [6, 6.07) is 16.5. The molecule has 4 rings (SSSR count). The second-order valence-corrected chi connectivity index (χ2v) is 5.32. The van der Waals surface area contributed by atoms with Gasteiger partial charge in [0.15, 0.2) is 0 Å². The van der Waals surface area contributed by atoms with Gasteiger partial charge in [-0.2, -0.15) is 4.98 Å². The lowest BCUT2D eigenvalue weighted by molar-refractivity contribution is 0.378. The van der Waals surface area contributed by atoms with Gasteiger partial charge in [-0.05, 0) is 42.2 Å². The van der Waals surface area contributed by atoms with E-state index in [1.807, 2.05) is 18.2 Å². The number of aromatic nitrogens is 2. The fourth-order valence-corrected chi connectivity index (χ4v) is 2.64. The van der Waals surface area contributed by atoms with Crippen molar-refractivity contribution in [2.75, 3.05) is 0 Å². The molecule has 1 fully saturated rings. The summed E-state index contributed by atoms with van der Waals surface area (Å²) in [4.78, 5) is 4.45. The standard InChI is InChI=1S/C17H13FN2O/c18-13-8-6-12(7-9-13)16-19-17(21-20-16)15-10-14(15)11-4-2-1-3-5-11/h1-9,14-15H,10H2/t14-,15+/m0/s1. The van der Waals surface area contributed by atoms with Crippen LogP contribution < -0.4 is 0 Å². The van der Waals surface area contributed by atoms with Crippen LogP contribution in [0.15, 0.2) is 59.1 Å². The van der Waals surface area contributed by atoms with Gasteiger partial charge >= 0.3 is 0 Å². The van der Waals surface area contributed by atoms with Gasteiger partial charge < -0.3 is 4.52 Å². The zero-order chi connectivity index (χ0) is 14.2. The molecule has 3 nitrogen and oxygen atoms in total. The van der Waals surface area contributed by atoms with Crippen molar-refractivity contribution in [3.05, 3.63) is 71.9 Å². The van der Waals surface area contributed by atoms with E-state index in [1.54, 1.807) is 12.1 Å². The van der Waals surface area contributed by atoms with Crippen molar-refractivity contribution in [2.24, 2.45) is 0 Å². The van der Waals surface area contributed by atoms with E-state index in [1.165, 1.54) is 17.7 Å². The SMILES string of the molecule is Fc1ccc(-c2noc([C@@H]3C[C@H]3c3ccccc3)n2)cc1. The lowest BCUT2D eigenvalue weighted by atomic mass is 10.1. The van der Waals surface area contributed by atoms with E-state index in [0.29, 0.717) is 23.6 Å². The molecule has 1 aliphatic rings. The van der Waals surface area contributed by atoms with Gasteiger partial charge in [0.25, 0.3) is 0 Å². The third kappa shape index (κ3) is 2.33. The average Bonchev–Trinajstić information content (AvgIpc) is 3.18. The van der Waals surface area contributed by atoms with Crippen LogP contribution in [-0.2, 0) is 0 Å². The minimum atomic E-state index is -0.270. The van der Waals surface area contributed by atoms with Crippen molar-refractivity contribution in [3.63, 3.8) is 0 Å². The number of benzene rings is 2. The molecule has 2 atom stereocenters. The van der Waals surface area contributed by atoms with E-state index >= 15 is 0 Å². The normalized spacial score (nSPS) is 20.4. The zero-order valence-electron chi connectivity index (χ0n) is 11.2. The summed E-state index contributed by atoms with van der Waals surface area (Å²) >= 11 is 0. The molecule has 0 N–H and O–H groups in total. The van der Waals surface area contributed by atoms with Crippen LogP contribution in [0.3, 0.4) is 0 Å². The third-order valence-electron chi connectivity index (χ3n) is 3.88. The third-order valence-corrected chi connectivity index (χ3v) is 3.88. The van der Waals surface area contributed by atoms with E-state index in [2.05, 4.69) is 22.3 Å². The highest BCUT2D eigenvalue weighted by molar-refractivity contribution is 5.54. The summed E-state index contributed by atoms with van der Waals surface area (Å²) in [6.45, 7) is 0. The number of nitrogens with zero attached hydrogens (tertiary/aromatic N) is 2. The highest BCUT2D eigenvalue weighted by atomic mass is 19.1. The van der Waals surface area contributed by atoms with Crippen molar-refractivity contribution >= 4 is 0 Å². The minimum absolute atomic E-state index is 0.270. The summed E-state index contributed by atoms with van der Waals surface area (Å²) in [5.74, 6) is 1.68. The van der Waals surface area contributed by atoms with Gasteiger partial charge in [0.05, 0.1) is 0 Å². The number of hydrogen-bond donors (Lipinski definition) is 0. The Kier molecular flexibility index (Phi) is 2.81. The molecule has 2 aromatic carbocycles. The van der Waals surface area contributed by atoms with Gasteiger partial charge in [0.2, 0.25) is 11.7 Å². The molecule has 1 aromatic heterocycles. The second kappa shape index (κ2) is 4.81. The summed E-state index contributed by atoms with van der Waals surface area (Å²) in [7, 11) is 0. The van der Waals surface area contributed by atoms with Crippen molar-refractivity contribution in [2.45, 2.75) is 18.3 Å². The van der Waals surface area contributed by atoms with Crippen molar-refractivity contribution in [1.29, 1.82) is 0 Å². The predicted octanol–water partition coefficient (Wildman–Crippen LogP) is 4.15. The zero-order valence-corrected chi connectivity index (χ0v) is 11.2. The van der Waals surface area contributed by atoms with Crippen LogP contribution in [0.5, 0.6) is 0 Å². The number of rotatable bonds is 3. The van der Waals surface area contributed by atoms with E-state index < -0.39 is 0 Å². The monoisotopic (exact) mass is 280 g/mol. The number of hydrogen-bond acceptors (Lipinski definition) is 3. The Morgan fingerprint density at radius 1 is 0.952 bits per heavy atom. The van der Waals surface area contributed by atoms with Crippen LogP contribution in [0, 0.1) is 5.82 Å². The molecular formula is C17H13FN2O. The molecule has 0 saturated heterocycles. The smallest absolute Gasteiger partial charge is 0.230 e. The van der Waals surface area contributed by atoms with Gasteiger partial charge in [-0.25, -0.2) is 4.39 Å². The largest absolute Gasteiger partial charge is 0.339 e. The van der Waals surface area contributed by atoms with Gasteiger partial charge in [0, 0.05) is 11.5 Å². The summed E-state index contributed by atoms with van der Waals surface area (Å²) in [6.07, 6.45) is 1.04. The molecule has 0 unspecified atom stereocenters. The quantitative estimate of drug-likeness (QED) is 0.723. The molecule has 0 bridgehead atoms. The van der Waals surface area contributed by atoms with Gasteiger partial charge in [-0.3, -0.25) is 0 Å². The fraction of sp³-hybridized carbons (Fsp3) is 0.176. The lowest BCUT2D eigenvalue weighted by Gasteiger charge is -1.96.